The number of alkyl halides is 2. The van der Waals surface area contributed by atoms with E-state index in [1.54, 1.807) is 0 Å². The summed E-state index contributed by atoms with van der Waals surface area (Å²) in [6, 6.07) is 3.10. The van der Waals surface area contributed by atoms with E-state index in [1.165, 1.54) is 29.6 Å². The third kappa shape index (κ3) is 5.16. The molecule has 3 aromatic rings. The van der Waals surface area contributed by atoms with Crippen LogP contribution < -0.4 is 5.32 Å². The molecule has 1 aliphatic heterocycles. The zero-order valence-electron chi connectivity index (χ0n) is 20.5. The van der Waals surface area contributed by atoms with Gasteiger partial charge in [0.15, 0.2) is 21.2 Å². The number of furan rings is 1. The van der Waals surface area contributed by atoms with Gasteiger partial charge in [-0.25, -0.2) is 36.4 Å². The summed E-state index contributed by atoms with van der Waals surface area (Å²) in [5.41, 5.74) is 1.50. The minimum Gasteiger partial charge on any atom is -0.465 e. The molecule has 1 aliphatic carbocycles. The van der Waals surface area contributed by atoms with Crippen LogP contribution in [0.4, 0.5) is 29.5 Å². The molecule has 5 rings (SSSR count). The van der Waals surface area contributed by atoms with Crippen LogP contribution >= 0.6 is 0 Å². The van der Waals surface area contributed by atoms with E-state index in [0.717, 1.165) is 17.9 Å². The third-order valence-electron chi connectivity index (χ3n) is 7.64. The molecule has 1 saturated carbocycles. The van der Waals surface area contributed by atoms with Crippen molar-refractivity contribution in [3.05, 3.63) is 42.2 Å². The van der Waals surface area contributed by atoms with Crippen molar-refractivity contribution in [3.8, 4) is 0 Å². The molecule has 9 nitrogen and oxygen atoms in total. The molecule has 204 valence electrons. The first-order valence-corrected chi connectivity index (χ1v) is 14.2. The van der Waals surface area contributed by atoms with E-state index in [2.05, 4.69) is 15.3 Å². The van der Waals surface area contributed by atoms with Gasteiger partial charge in [0, 0.05) is 37.2 Å². The molecule has 0 bridgehead atoms. The number of likely N-dealkylation sites (tertiary alicyclic amines) is 1. The molecular weight excluding hydrogens is 525 g/mol. The van der Waals surface area contributed by atoms with Crippen LogP contribution in [0.15, 0.2) is 40.1 Å². The summed E-state index contributed by atoms with van der Waals surface area (Å²) in [7, 11) is -3.58. The molecule has 2 fully saturated rings. The number of anilines is 2. The molecule has 2 N–H and O–H groups in total. The Kier molecular flexibility index (Phi) is 6.74. The maximum Gasteiger partial charge on any atom is 0.407 e. The van der Waals surface area contributed by atoms with E-state index in [-0.39, 0.29) is 66.0 Å². The average molecular weight is 553 g/mol. The zero-order chi connectivity index (χ0) is 27.2. The van der Waals surface area contributed by atoms with Gasteiger partial charge in [-0.15, -0.1) is 0 Å². The second-order valence-corrected chi connectivity index (χ2v) is 12.1. The highest BCUT2D eigenvalue weighted by molar-refractivity contribution is 7.90. The second kappa shape index (κ2) is 9.75. The molecule has 1 saturated heterocycles. The maximum atomic E-state index is 14.6. The molecular formula is C25H27F3N4O5S. The lowest BCUT2D eigenvalue weighted by atomic mass is 9.75. The standard InChI is InChI=1S/C25H27F3N4O5S/c1-38(35,36)16-2-3-19(18(26)11-16)31-23-22-21(29-13-30-23)17(12-37-22)15-6-9-32(24(33)34)20(10-15)14-4-7-25(27,28)8-5-14/h2-3,11-15,20H,4-10H2,1H3,(H,33,34)(H,29,30,31). The molecule has 2 atom stereocenters. The van der Waals surface area contributed by atoms with Crippen molar-refractivity contribution in [2.45, 2.75) is 61.3 Å². The number of carbonyl (C=O) groups is 1. The Hall–Kier alpha value is -3.35. The molecule has 2 aromatic heterocycles. The van der Waals surface area contributed by atoms with Crippen molar-refractivity contribution >= 4 is 38.5 Å². The Labute approximate surface area is 217 Å². The molecule has 2 unspecified atom stereocenters. The van der Waals surface area contributed by atoms with Gasteiger partial charge in [-0.05, 0) is 55.7 Å². The second-order valence-electron chi connectivity index (χ2n) is 10.1. The van der Waals surface area contributed by atoms with Gasteiger partial charge in [-0.1, -0.05) is 0 Å². The Bertz CT molecular complexity index is 1470. The van der Waals surface area contributed by atoms with E-state index in [1.807, 2.05) is 0 Å². The Morgan fingerprint density at radius 3 is 2.61 bits per heavy atom. The van der Waals surface area contributed by atoms with Crippen LogP contribution in [0.1, 0.15) is 50.0 Å². The lowest BCUT2D eigenvalue weighted by Crippen LogP contribution is -2.50. The van der Waals surface area contributed by atoms with Gasteiger partial charge < -0.3 is 19.7 Å². The Morgan fingerprint density at radius 2 is 1.95 bits per heavy atom. The van der Waals surface area contributed by atoms with Crippen LogP contribution in [0.25, 0.3) is 11.1 Å². The number of fused-ring (bicyclic) bond motifs is 1. The number of hydrogen-bond donors (Lipinski definition) is 2. The number of carboxylic acid groups (broad SMARTS) is 1. The minimum absolute atomic E-state index is 0.000666. The van der Waals surface area contributed by atoms with Crippen molar-refractivity contribution in [3.63, 3.8) is 0 Å². The lowest BCUT2D eigenvalue weighted by molar-refractivity contribution is -0.0581. The summed E-state index contributed by atoms with van der Waals surface area (Å²) in [4.78, 5) is 21.6. The normalized spacial score (nSPS) is 22.5. The molecule has 1 aromatic carbocycles. The number of benzene rings is 1. The first-order valence-electron chi connectivity index (χ1n) is 12.3. The number of rotatable bonds is 5. The molecule has 2 aliphatic rings. The van der Waals surface area contributed by atoms with Gasteiger partial charge in [0.05, 0.1) is 16.8 Å². The van der Waals surface area contributed by atoms with Gasteiger partial charge in [0.1, 0.15) is 17.7 Å². The Balaban J connectivity index is 1.40. The SMILES string of the molecule is CS(=O)(=O)c1ccc(Nc2ncnc3c(C4CCN(C(=O)O)C(C5CCC(F)(F)CC5)C4)coc23)c(F)c1. The van der Waals surface area contributed by atoms with Gasteiger partial charge in [0.25, 0.3) is 0 Å². The predicted octanol–water partition coefficient (Wildman–Crippen LogP) is 5.56. The van der Waals surface area contributed by atoms with Gasteiger partial charge in [-0.2, -0.15) is 0 Å². The minimum atomic E-state index is -3.58. The van der Waals surface area contributed by atoms with Crippen LogP contribution in [0, 0.1) is 11.7 Å². The topological polar surface area (TPSA) is 126 Å². The highest BCUT2D eigenvalue weighted by Gasteiger charge is 2.43. The van der Waals surface area contributed by atoms with Gasteiger partial charge >= 0.3 is 6.09 Å². The molecule has 3 heterocycles. The van der Waals surface area contributed by atoms with Crippen LogP contribution in [0.5, 0.6) is 0 Å². The van der Waals surface area contributed by atoms with E-state index in [9.17, 15) is 31.5 Å². The summed E-state index contributed by atoms with van der Waals surface area (Å²) in [5.74, 6) is -3.58. The number of hydrogen-bond acceptors (Lipinski definition) is 7. The van der Waals surface area contributed by atoms with Crippen LogP contribution in [0.2, 0.25) is 0 Å². The molecule has 1 amide bonds. The summed E-state index contributed by atoms with van der Waals surface area (Å²) < 4.78 is 71.3. The molecule has 0 radical (unpaired) electrons. The average Bonchev–Trinajstić information content (AvgIpc) is 3.29. The summed E-state index contributed by atoms with van der Waals surface area (Å²) >= 11 is 0. The number of amides is 1. The first kappa shape index (κ1) is 26.3. The van der Waals surface area contributed by atoms with Crippen LogP contribution in [-0.2, 0) is 9.84 Å². The lowest BCUT2D eigenvalue weighted by Gasteiger charge is -2.44. The van der Waals surface area contributed by atoms with E-state index in [4.69, 9.17) is 4.42 Å². The van der Waals surface area contributed by atoms with Crippen molar-refractivity contribution < 1.29 is 35.9 Å². The summed E-state index contributed by atoms with van der Waals surface area (Å²) in [5, 5.41) is 12.6. The highest BCUT2D eigenvalue weighted by atomic mass is 32.2. The van der Waals surface area contributed by atoms with Crippen molar-refractivity contribution in [2.75, 3.05) is 18.1 Å². The van der Waals surface area contributed by atoms with Gasteiger partial charge in [0.2, 0.25) is 5.92 Å². The molecule has 38 heavy (non-hydrogen) atoms. The van der Waals surface area contributed by atoms with Gasteiger partial charge in [-0.3, -0.25) is 0 Å². The highest BCUT2D eigenvalue weighted by Crippen LogP contribution is 2.44. The number of aromatic nitrogens is 2. The largest absolute Gasteiger partial charge is 0.465 e. The van der Waals surface area contributed by atoms with E-state index in [0.29, 0.717) is 18.4 Å². The number of piperidine rings is 1. The monoisotopic (exact) mass is 552 g/mol. The van der Waals surface area contributed by atoms with E-state index < -0.39 is 33.7 Å². The Morgan fingerprint density at radius 1 is 1.21 bits per heavy atom. The van der Waals surface area contributed by atoms with Crippen LogP contribution in [-0.4, -0.2) is 59.3 Å². The third-order valence-corrected chi connectivity index (χ3v) is 8.75. The number of sulfone groups is 1. The fraction of sp³-hybridized carbons (Fsp3) is 0.480. The van der Waals surface area contributed by atoms with Crippen molar-refractivity contribution in [2.24, 2.45) is 5.92 Å². The summed E-state index contributed by atoms with van der Waals surface area (Å²) in [6.45, 7) is 0.262. The fourth-order valence-electron chi connectivity index (χ4n) is 5.61. The fourth-order valence-corrected chi connectivity index (χ4v) is 6.25. The number of nitrogens with one attached hydrogen (secondary N) is 1. The molecule has 0 spiro atoms. The quantitative estimate of drug-likeness (QED) is 0.421. The van der Waals surface area contributed by atoms with Crippen molar-refractivity contribution in [1.82, 2.24) is 14.9 Å². The first-order chi connectivity index (χ1) is 17.9. The van der Waals surface area contributed by atoms with E-state index >= 15 is 0 Å². The summed E-state index contributed by atoms with van der Waals surface area (Å²) in [6.07, 6.45) is 3.75. The van der Waals surface area contributed by atoms with Crippen molar-refractivity contribution in [1.29, 1.82) is 0 Å². The smallest absolute Gasteiger partial charge is 0.407 e. The number of halogens is 3. The predicted molar refractivity (Wildman–Crippen MR) is 132 cm³/mol. The van der Waals surface area contributed by atoms with Crippen LogP contribution in [0.3, 0.4) is 0 Å². The number of nitrogens with zero attached hydrogens (tertiary/aromatic N) is 3. The molecule has 13 heteroatoms. The zero-order valence-corrected chi connectivity index (χ0v) is 21.3. The maximum absolute atomic E-state index is 14.6.